The molecule has 0 aromatic rings. The largest absolute Gasteiger partial charge is 0.481 e. The third-order valence-electron chi connectivity index (χ3n) is 3.14. The maximum atomic E-state index is 10.9. The van der Waals surface area contributed by atoms with Gasteiger partial charge in [-0.05, 0) is 31.7 Å². The highest BCUT2D eigenvalue weighted by molar-refractivity contribution is 5.71. The zero-order valence-electron chi connectivity index (χ0n) is 9.35. The van der Waals surface area contributed by atoms with Crippen LogP contribution in [0.1, 0.15) is 26.2 Å². The third-order valence-corrected chi connectivity index (χ3v) is 3.14. The van der Waals surface area contributed by atoms with Crippen LogP contribution in [0.3, 0.4) is 0 Å². The van der Waals surface area contributed by atoms with Gasteiger partial charge in [-0.1, -0.05) is 6.92 Å². The highest BCUT2D eigenvalue weighted by Gasteiger charge is 2.33. The number of hydrogen-bond acceptors (Lipinski definition) is 3. The second-order valence-electron chi connectivity index (χ2n) is 4.47. The Bertz CT molecular complexity index is 208. The molecule has 1 heterocycles. The minimum Gasteiger partial charge on any atom is -0.481 e. The molecule has 1 fully saturated rings. The predicted octanol–water partition coefficient (Wildman–Crippen LogP) is 0.802. The van der Waals surface area contributed by atoms with Gasteiger partial charge in [0.25, 0.3) is 0 Å². The highest BCUT2D eigenvalue weighted by Crippen LogP contribution is 2.23. The number of rotatable bonds is 6. The summed E-state index contributed by atoms with van der Waals surface area (Å²) in [5.74, 6) is -0.594. The van der Waals surface area contributed by atoms with Crippen LogP contribution in [-0.2, 0) is 4.79 Å². The van der Waals surface area contributed by atoms with Gasteiger partial charge in [0.2, 0.25) is 0 Å². The lowest BCUT2D eigenvalue weighted by molar-refractivity contribution is -0.142. The molecular formula is C11H21NO3. The van der Waals surface area contributed by atoms with Gasteiger partial charge in [-0.2, -0.15) is 0 Å². The van der Waals surface area contributed by atoms with Crippen LogP contribution in [0.5, 0.6) is 0 Å². The first-order chi connectivity index (χ1) is 7.15. The Morgan fingerprint density at radius 2 is 2.07 bits per heavy atom. The van der Waals surface area contributed by atoms with Crippen LogP contribution in [0.15, 0.2) is 0 Å². The monoisotopic (exact) mass is 215 g/mol. The van der Waals surface area contributed by atoms with E-state index in [1.807, 2.05) is 6.92 Å². The van der Waals surface area contributed by atoms with Crippen LogP contribution in [0.4, 0.5) is 0 Å². The van der Waals surface area contributed by atoms with Crippen molar-refractivity contribution < 1.29 is 15.0 Å². The molecule has 1 aliphatic rings. The fourth-order valence-corrected chi connectivity index (χ4v) is 2.20. The Hall–Kier alpha value is -0.610. The van der Waals surface area contributed by atoms with E-state index < -0.39 is 5.97 Å². The molecule has 15 heavy (non-hydrogen) atoms. The normalized spacial score (nSPS) is 27.1. The van der Waals surface area contributed by atoms with E-state index in [0.717, 1.165) is 32.4 Å². The first kappa shape index (κ1) is 12.5. The van der Waals surface area contributed by atoms with Crippen molar-refractivity contribution in [3.05, 3.63) is 0 Å². The minimum absolute atomic E-state index is 0.192. The molecule has 4 nitrogen and oxygen atoms in total. The summed E-state index contributed by atoms with van der Waals surface area (Å²) in [6, 6.07) is 0. The van der Waals surface area contributed by atoms with Gasteiger partial charge in [-0.15, -0.1) is 0 Å². The number of carboxylic acid groups (broad SMARTS) is 1. The zero-order chi connectivity index (χ0) is 11.3. The molecule has 4 heteroatoms. The van der Waals surface area contributed by atoms with Crippen molar-refractivity contribution >= 4 is 5.97 Å². The molecule has 0 amide bonds. The van der Waals surface area contributed by atoms with Crippen LogP contribution < -0.4 is 0 Å². The summed E-state index contributed by atoms with van der Waals surface area (Å²) in [4.78, 5) is 13.1. The third kappa shape index (κ3) is 3.80. The van der Waals surface area contributed by atoms with Crippen molar-refractivity contribution in [1.82, 2.24) is 4.90 Å². The maximum absolute atomic E-state index is 10.9. The van der Waals surface area contributed by atoms with Crippen molar-refractivity contribution in [2.45, 2.75) is 26.2 Å². The number of carbonyl (C=O) groups is 1. The molecule has 0 aromatic carbocycles. The summed E-state index contributed by atoms with van der Waals surface area (Å²) in [5.41, 5.74) is 0. The Morgan fingerprint density at radius 3 is 2.60 bits per heavy atom. The fourth-order valence-electron chi connectivity index (χ4n) is 2.20. The van der Waals surface area contributed by atoms with Crippen molar-refractivity contribution in [1.29, 1.82) is 0 Å². The number of aliphatic hydroxyl groups excluding tert-OH is 1. The lowest BCUT2D eigenvalue weighted by Crippen LogP contribution is -2.24. The Kier molecular flexibility index (Phi) is 5.05. The second-order valence-corrected chi connectivity index (χ2v) is 4.47. The quantitative estimate of drug-likeness (QED) is 0.643. The average molecular weight is 215 g/mol. The van der Waals surface area contributed by atoms with Gasteiger partial charge in [-0.25, -0.2) is 0 Å². The molecule has 2 N–H and O–H groups in total. The van der Waals surface area contributed by atoms with E-state index in [2.05, 4.69) is 4.90 Å². The second kappa shape index (κ2) is 6.08. The number of aliphatic carboxylic acids is 1. The first-order valence-electron chi connectivity index (χ1n) is 5.71. The van der Waals surface area contributed by atoms with Crippen LogP contribution in [-0.4, -0.2) is 47.3 Å². The van der Waals surface area contributed by atoms with Gasteiger partial charge in [0.15, 0.2) is 0 Å². The molecule has 1 aliphatic heterocycles. The average Bonchev–Trinajstić information content (AvgIpc) is 2.55. The van der Waals surface area contributed by atoms with Crippen LogP contribution >= 0.6 is 0 Å². The van der Waals surface area contributed by atoms with E-state index in [0.29, 0.717) is 6.54 Å². The van der Waals surface area contributed by atoms with E-state index in [4.69, 9.17) is 10.2 Å². The van der Waals surface area contributed by atoms with Gasteiger partial charge in [0.05, 0.1) is 5.92 Å². The molecule has 0 aliphatic carbocycles. The standard InChI is InChI=1S/C11H21NO3/c1-9-7-12(5-3-2-4-6-13)8-10(9)11(14)15/h9-10,13H,2-8H2,1H3,(H,14,15). The molecule has 0 saturated carbocycles. The molecule has 1 rings (SSSR count). The number of nitrogens with zero attached hydrogens (tertiary/aromatic N) is 1. The molecule has 2 atom stereocenters. The molecule has 0 spiro atoms. The topological polar surface area (TPSA) is 60.8 Å². The van der Waals surface area contributed by atoms with E-state index in [9.17, 15) is 4.79 Å². The van der Waals surface area contributed by atoms with Crippen molar-refractivity contribution in [2.75, 3.05) is 26.2 Å². The van der Waals surface area contributed by atoms with E-state index >= 15 is 0 Å². The number of aliphatic hydroxyl groups is 1. The number of carboxylic acids is 1. The van der Waals surface area contributed by atoms with E-state index in [-0.39, 0.29) is 18.4 Å². The SMILES string of the molecule is CC1CN(CCCCCO)CC1C(=O)O. The van der Waals surface area contributed by atoms with Crippen molar-refractivity contribution in [2.24, 2.45) is 11.8 Å². The van der Waals surface area contributed by atoms with Gasteiger partial charge in [-0.3, -0.25) is 4.79 Å². The summed E-state index contributed by atoms with van der Waals surface area (Å²) in [5, 5.41) is 17.6. The Morgan fingerprint density at radius 1 is 1.33 bits per heavy atom. The van der Waals surface area contributed by atoms with Gasteiger partial charge in [0, 0.05) is 19.7 Å². The van der Waals surface area contributed by atoms with Gasteiger partial charge < -0.3 is 15.1 Å². The molecule has 0 radical (unpaired) electrons. The maximum Gasteiger partial charge on any atom is 0.308 e. The molecule has 2 unspecified atom stereocenters. The smallest absolute Gasteiger partial charge is 0.308 e. The lowest BCUT2D eigenvalue weighted by atomic mass is 9.99. The molecular weight excluding hydrogens is 194 g/mol. The number of unbranched alkanes of at least 4 members (excludes halogenated alkanes) is 2. The van der Waals surface area contributed by atoms with Crippen molar-refractivity contribution in [3.8, 4) is 0 Å². The predicted molar refractivity (Wildman–Crippen MR) is 57.7 cm³/mol. The summed E-state index contributed by atoms with van der Waals surface area (Å²) < 4.78 is 0. The lowest BCUT2D eigenvalue weighted by Gasteiger charge is -2.14. The molecule has 0 aromatic heterocycles. The molecule has 88 valence electrons. The van der Waals surface area contributed by atoms with Crippen LogP contribution in [0.25, 0.3) is 0 Å². The summed E-state index contributed by atoms with van der Waals surface area (Å²) in [6.07, 6.45) is 2.94. The minimum atomic E-state index is -0.666. The highest BCUT2D eigenvalue weighted by atomic mass is 16.4. The van der Waals surface area contributed by atoms with E-state index in [1.54, 1.807) is 0 Å². The summed E-state index contributed by atoms with van der Waals surface area (Å²) >= 11 is 0. The van der Waals surface area contributed by atoms with Crippen molar-refractivity contribution in [3.63, 3.8) is 0 Å². The Balaban J connectivity index is 2.20. The van der Waals surface area contributed by atoms with Gasteiger partial charge in [0.1, 0.15) is 0 Å². The molecule has 0 bridgehead atoms. The summed E-state index contributed by atoms with van der Waals surface area (Å²) in [6.45, 7) is 4.82. The van der Waals surface area contributed by atoms with E-state index in [1.165, 1.54) is 0 Å². The van der Waals surface area contributed by atoms with Crippen LogP contribution in [0.2, 0.25) is 0 Å². The number of likely N-dealkylation sites (tertiary alicyclic amines) is 1. The first-order valence-corrected chi connectivity index (χ1v) is 5.71. The molecule has 1 saturated heterocycles. The zero-order valence-corrected chi connectivity index (χ0v) is 9.35. The Labute approximate surface area is 90.9 Å². The fraction of sp³-hybridized carbons (Fsp3) is 0.909. The van der Waals surface area contributed by atoms with Gasteiger partial charge >= 0.3 is 5.97 Å². The van der Waals surface area contributed by atoms with Crippen LogP contribution in [0, 0.1) is 11.8 Å². The summed E-state index contributed by atoms with van der Waals surface area (Å²) in [7, 11) is 0. The number of hydrogen-bond donors (Lipinski definition) is 2.